The number of rotatable bonds is 5. The molecule has 0 atom stereocenters. The number of likely N-dealkylation sites (N-methyl/N-ethyl adjacent to an activating group) is 1. The van der Waals surface area contributed by atoms with Crippen molar-refractivity contribution >= 4 is 11.6 Å². The molecule has 1 aromatic carbocycles. The number of aliphatic hydroxyl groups is 1. The van der Waals surface area contributed by atoms with E-state index < -0.39 is 0 Å². The van der Waals surface area contributed by atoms with Gasteiger partial charge in [-0.05, 0) is 23.8 Å². The van der Waals surface area contributed by atoms with Gasteiger partial charge in [-0.25, -0.2) is 0 Å². The molecule has 0 bridgehead atoms. The smallest absolute Gasteiger partial charge is 0.202 e. The molecule has 0 aliphatic heterocycles. The van der Waals surface area contributed by atoms with Crippen LogP contribution in [0.5, 0.6) is 5.75 Å². The van der Waals surface area contributed by atoms with Gasteiger partial charge in [0.15, 0.2) is 5.78 Å². The number of ketones is 2. The number of allylic oxidation sites excluding steroid dienone is 3. The Morgan fingerprint density at radius 3 is 2.33 bits per heavy atom. The lowest BCUT2D eigenvalue weighted by Crippen LogP contribution is -2.29. The summed E-state index contributed by atoms with van der Waals surface area (Å²) in [5.41, 5.74) is 1.57. The van der Waals surface area contributed by atoms with Gasteiger partial charge in [-0.3, -0.25) is 9.59 Å². The molecule has 0 spiro atoms. The van der Waals surface area contributed by atoms with Gasteiger partial charge in [0.1, 0.15) is 5.75 Å². The summed E-state index contributed by atoms with van der Waals surface area (Å²) in [7, 11) is 1.66. The van der Waals surface area contributed by atoms with Crippen molar-refractivity contribution in [2.45, 2.75) is 6.42 Å². The highest BCUT2D eigenvalue weighted by molar-refractivity contribution is 6.19. The Kier molecular flexibility index (Phi) is 4.55. The van der Waals surface area contributed by atoms with Crippen molar-refractivity contribution in [1.29, 1.82) is 0 Å². The average molecular weight is 287 g/mol. The first kappa shape index (κ1) is 15.0. The van der Waals surface area contributed by atoms with E-state index >= 15 is 0 Å². The number of carbonyl (C=O) groups is 2. The standard InChI is InChI=1S/C16H17NO4/c1-17(6-7-18)14-10-15(20)12(9-16(14)21)8-11-2-4-13(19)5-3-11/h2-5,9-10,18-19H,6-8H2,1H3. The number of aromatic hydroxyl groups is 1. The highest BCUT2D eigenvalue weighted by atomic mass is 16.3. The van der Waals surface area contributed by atoms with Crippen LogP contribution in [-0.2, 0) is 16.0 Å². The van der Waals surface area contributed by atoms with Crippen LogP contribution in [0.2, 0.25) is 0 Å². The Morgan fingerprint density at radius 1 is 1.05 bits per heavy atom. The van der Waals surface area contributed by atoms with Crippen molar-refractivity contribution in [1.82, 2.24) is 4.90 Å². The van der Waals surface area contributed by atoms with Crippen LogP contribution in [0.3, 0.4) is 0 Å². The summed E-state index contributed by atoms with van der Waals surface area (Å²) in [5.74, 6) is -0.284. The molecule has 1 aromatic rings. The van der Waals surface area contributed by atoms with E-state index in [1.165, 1.54) is 12.2 Å². The highest BCUT2D eigenvalue weighted by Crippen LogP contribution is 2.19. The first-order valence-corrected chi connectivity index (χ1v) is 6.62. The molecule has 0 saturated heterocycles. The molecule has 1 aliphatic rings. The lowest BCUT2D eigenvalue weighted by atomic mass is 9.95. The molecular weight excluding hydrogens is 270 g/mol. The van der Waals surface area contributed by atoms with E-state index in [4.69, 9.17) is 5.11 Å². The molecule has 2 N–H and O–H groups in total. The van der Waals surface area contributed by atoms with Crippen LogP contribution >= 0.6 is 0 Å². The summed E-state index contributed by atoms with van der Waals surface area (Å²) < 4.78 is 0. The zero-order valence-corrected chi connectivity index (χ0v) is 11.7. The van der Waals surface area contributed by atoms with Gasteiger partial charge in [0.2, 0.25) is 5.78 Å². The van der Waals surface area contributed by atoms with Crippen LogP contribution in [0.4, 0.5) is 0 Å². The molecule has 0 heterocycles. The topological polar surface area (TPSA) is 77.8 Å². The van der Waals surface area contributed by atoms with E-state index in [-0.39, 0.29) is 23.9 Å². The maximum absolute atomic E-state index is 12.1. The minimum absolute atomic E-state index is 0.0839. The van der Waals surface area contributed by atoms with Crippen molar-refractivity contribution in [3.8, 4) is 5.75 Å². The third kappa shape index (κ3) is 3.58. The SMILES string of the molecule is CN(CCO)C1=CC(=O)C(Cc2ccc(O)cc2)=CC1=O. The number of benzene rings is 1. The summed E-state index contributed by atoms with van der Waals surface area (Å²) in [6, 6.07) is 6.51. The Bertz CT molecular complexity index is 614. The largest absolute Gasteiger partial charge is 0.508 e. The average Bonchev–Trinajstić information content (AvgIpc) is 2.45. The Balaban J connectivity index is 2.14. The normalized spacial score (nSPS) is 14.8. The van der Waals surface area contributed by atoms with Gasteiger partial charge in [-0.1, -0.05) is 12.1 Å². The number of phenols is 1. The molecule has 0 unspecified atom stereocenters. The summed E-state index contributed by atoms with van der Waals surface area (Å²) >= 11 is 0. The molecule has 2 rings (SSSR count). The van der Waals surface area contributed by atoms with Crippen molar-refractivity contribution < 1.29 is 19.8 Å². The molecule has 5 nitrogen and oxygen atoms in total. The van der Waals surface area contributed by atoms with E-state index in [0.29, 0.717) is 24.2 Å². The molecule has 0 amide bonds. The number of hydrogen-bond acceptors (Lipinski definition) is 5. The summed E-state index contributed by atoms with van der Waals surface area (Å²) in [6.07, 6.45) is 3.00. The van der Waals surface area contributed by atoms with Crippen molar-refractivity contribution in [3.63, 3.8) is 0 Å². The summed E-state index contributed by atoms with van der Waals surface area (Å²) in [5, 5.41) is 18.1. The van der Waals surface area contributed by atoms with Crippen molar-refractivity contribution in [2.75, 3.05) is 20.2 Å². The number of aliphatic hydroxyl groups excluding tert-OH is 1. The van der Waals surface area contributed by atoms with Gasteiger partial charge in [-0.15, -0.1) is 0 Å². The molecule has 1 aliphatic carbocycles. The predicted octanol–water partition coefficient (Wildman–Crippen LogP) is 0.821. The maximum Gasteiger partial charge on any atom is 0.202 e. The zero-order chi connectivity index (χ0) is 15.4. The number of hydrogen-bond donors (Lipinski definition) is 2. The zero-order valence-electron chi connectivity index (χ0n) is 11.7. The molecule has 21 heavy (non-hydrogen) atoms. The monoisotopic (exact) mass is 287 g/mol. The third-order valence-corrected chi connectivity index (χ3v) is 3.32. The van der Waals surface area contributed by atoms with Crippen LogP contribution in [0.1, 0.15) is 5.56 Å². The van der Waals surface area contributed by atoms with Gasteiger partial charge in [-0.2, -0.15) is 0 Å². The van der Waals surface area contributed by atoms with Gasteiger partial charge in [0.25, 0.3) is 0 Å². The van der Waals surface area contributed by atoms with Crippen LogP contribution in [0.15, 0.2) is 47.7 Å². The highest BCUT2D eigenvalue weighted by Gasteiger charge is 2.22. The Hall–Kier alpha value is -2.40. The molecule has 0 aromatic heterocycles. The van der Waals surface area contributed by atoms with E-state index in [2.05, 4.69) is 0 Å². The van der Waals surface area contributed by atoms with E-state index in [0.717, 1.165) is 5.56 Å². The van der Waals surface area contributed by atoms with Crippen molar-refractivity contribution in [3.05, 3.63) is 53.3 Å². The quantitative estimate of drug-likeness (QED) is 0.784. The van der Waals surface area contributed by atoms with Crippen LogP contribution in [-0.4, -0.2) is 46.9 Å². The second-order valence-corrected chi connectivity index (χ2v) is 4.92. The molecule has 110 valence electrons. The fourth-order valence-electron chi connectivity index (χ4n) is 2.13. The lowest BCUT2D eigenvalue weighted by Gasteiger charge is -2.22. The summed E-state index contributed by atoms with van der Waals surface area (Å²) in [4.78, 5) is 25.7. The number of nitrogens with zero attached hydrogens (tertiary/aromatic N) is 1. The van der Waals surface area contributed by atoms with E-state index in [1.807, 2.05) is 0 Å². The van der Waals surface area contributed by atoms with Crippen molar-refractivity contribution in [2.24, 2.45) is 0 Å². The Morgan fingerprint density at radius 2 is 1.71 bits per heavy atom. The van der Waals surface area contributed by atoms with Crippen LogP contribution in [0.25, 0.3) is 0 Å². The van der Waals surface area contributed by atoms with Crippen LogP contribution < -0.4 is 0 Å². The fraction of sp³-hybridized carbons (Fsp3) is 0.250. The van der Waals surface area contributed by atoms with Gasteiger partial charge in [0, 0.05) is 31.7 Å². The number of phenolic OH excluding ortho intramolecular Hbond substituents is 1. The van der Waals surface area contributed by atoms with Crippen LogP contribution in [0, 0.1) is 0 Å². The second-order valence-electron chi connectivity index (χ2n) is 4.92. The fourth-order valence-corrected chi connectivity index (χ4v) is 2.13. The number of carbonyl (C=O) groups excluding carboxylic acids is 2. The molecular formula is C16H17NO4. The minimum Gasteiger partial charge on any atom is -0.508 e. The first-order valence-electron chi connectivity index (χ1n) is 6.62. The maximum atomic E-state index is 12.1. The second kappa shape index (κ2) is 6.37. The Labute approximate surface area is 122 Å². The molecule has 0 fully saturated rings. The predicted molar refractivity (Wildman–Crippen MR) is 77.7 cm³/mol. The van der Waals surface area contributed by atoms with Gasteiger partial charge >= 0.3 is 0 Å². The van der Waals surface area contributed by atoms with E-state index in [1.54, 1.807) is 36.2 Å². The first-order chi connectivity index (χ1) is 10.0. The third-order valence-electron chi connectivity index (χ3n) is 3.32. The molecule has 0 radical (unpaired) electrons. The van der Waals surface area contributed by atoms with Gasteiger partial charge < -0.3 is 15.1 Å². The molecule has 5 heteroatoms. The lowest BCUT2D eigenvalue weighted by molar-refractivity contribution is -0.116. The van der Waals surface area contributed by atoms with E-state index in [9.17, 15) is 14.7 Å². The minimum atomic E-state index is -0.237. The van der Waals surface area contributed by atoms with Gasteiger partial charge in [0.05, 0.1) is 12.3 Å². The molecule has 0 saturated carbocycles. The summed E-state index contributed by atoms with van der Waals surface area (Å²) in [6.45, 7) is 0.214.